The minimum Gasteiger partial charge on any atom is -0.454 e. The highest BCUT2D eigenvalue weighted by Gasteiger charge is 2.09. The smallest absolute Gasteiger partial charge is 0.166 e. The first-order valence-corrected chi connectivity index (χ1v) is 6.38. The quantitative estimate of drug-likeness (QED) is 0.886. The van der Waals surface area contributed by atoms with Gasteiger partial charge in [0, 0.05) is 11.1 Å². The van der Waals surface area contributed by atoms with E-state index in [1.165, 1.54) is 6.07 Å². The largest absolute Gasteiger partial charge is 0.454 e. The molecule has 0 heterocycles. The highest BCUT2D eigenvalue weighted by Crippen LogP contribution is 2.28. The fourth-order valence-corrected chi connectivity index (χ4v) is 1.87. The molecule has 0 aliphatic rings. The molecule has 2 nitrogen and oxygen atoms in total. The normalized spacial score (nSPS) is 12.2. The monoisotopic (exact) mass is 279 g/mol. The Morgan fingerprint density at radius 3 is 2.63 bits per heavy atom. The molecule has 0 radical (unpaired) electrons. The van der Waals surface area contributed by atoms with Crippen molar-refractivity contribution in [3.8, 4) is 11.5 Å². The number of benzene rings is 2. The van der Waals surface area contributed by atoms with E-state index in [9.17, 15) is 4.39 Å². The van der Waals surface area contributed by atoms with Crippen LogP contribution in [0.2, 0.25) is 5.02 Å². The molecule has 100 valence electrons. The van der Waals surface area contributed by atoms with Crippen molar-refractivity contribution in [3.63, 3.8) is 0 Å². The fourth-order valence-electron chi connectivity index (χ4n) is 1.69. The average molecular weight is 280 g/mol. The van der Waals surface area contributed by atoms with Crippen molar-refractivity contribution in [2.45, 2.75) is 13.0 Å². The molecule has 19 heavy (non-hydrogen) atoms. The van der Waals surface area contributed by atoms with Crippen LogP contribution in [0.5, 0.6) is 11.5 Å². The van der Waals surface area contributed by atoms with E-state index in [-0.39, 0.29) is 17.6 Å². The molecule has 2 aromatic carbocycles. The van der Waals surface area contributed by atoms with Gasteiger partial charge in [0.2, 0.25) is 0 Å². The van der Waals surface area contributed by atoms with E-state index >= 15 is 0 Å². The molecule has 4 heteroatoms. The van der Waals surface area contributed by atoms with Crippen LogP contribution in [0.15, 0.2) is 42.5 Å². The van der Waals surface area contributed by atoms with Crippen LogP contribution in [0, 0.1) is 5.82 Å². The van der Waals surface area contributed by atoms with Crippen molar-refractivity contribution in [2.75, 3.05) is 7.05 Å². The second kappa shape index (κ2) is 6.04. The molecule has 1 atom stereocenters. The van der Waals surface area contributed by atoms with Gasteiger partial charge in [-0.05, 0) is 49.9 Å². The fraction of sp³-hybridized carbons (Fsp3) is 0.200. The van der Waals surface area contributed by atoms with Gasteiger partial charge in [-0.1, -0.05) is 23.7 Å². The number of halogens is 2. The summed E-state index contributed by atoms with van der Waals surface area (Å²) >= 11 is 5.85. The maximum Gasteiger partial charge on any atom is 0.166 e. The van der Waals surface area contributed by atoms with Crippen LogP contribution in [0.1, 0.15) is 18.5 Å². The summed E-state index contributed by atoms with van der Waals surface area (Å²) in [5, 5.41) is 3.61. The van der Waals surface area contributed by atoms with E-state index in [1.54, 1.807) is 30.3 Å². The van der Waals surface area contributed by atoms with Crippen LogP contribution in [-0.2, 0) is 0 Å². The Balaban J connectivity index is 2.22. The van der Waals surface area contributed by atoms with Crippen molar-refractivity contribution in [1.82, 2.24) is 5.32 Å². The molecule has 1 N–H and O–H groups in total. The average Bonchev–Trinajstić information content (AvgIpc) is 2.40. The Morgan fingerprint density at radius 2 is 2.00 bits per heavy atom. The van der Waals surface area contributed by atoms with Gasteiger partial charge in [-0.15, -0.1) is 0 Å². The lowest BCUT2D eigenvalue weighted by Crippen LogP contribution is -2.12. The minimum absolute atomic E-state index is 0.0923. The number of hydrogen-bond donors (Lipinski definition) is 1. The summed E-state index contributed by atoms with van der Waals surface area (Å²) < 4.78 is 19.4. The van der Waals surface area contributed by atoms with E-state index < -0.39 is 0 Å². The molecule has 0 spiro atoms. The molecule has 0 amide bonds. The predicted octanol–water partition coefficient (Wildman–Crippen LogP) is 4.55. The minimum atomic E-state index is -0.389. The summed E-state index contributed by atoms with van der Waals surface area (Å²) in [6.07, 6.45) is 0. The van der Waals surface area contributed by atoms with Crippen molar-refractivity contribution >= 4 is 11.6 Å². The van der Waals surface area contributed by atoms with Crippen LogP contribution in [0.4, 0.5) is 4.39 Å². The summed E-state index contributed by atoms with van der Waals surface area (Å²) in [5.41, 5.74) is 0.874. The Hall–Kier alpha value is -1.58. The van der Waals surface area contributed by atoms with Gasteiger partial charge in [-0.25, -0.2) is 4.39 Å². The molecule has 0 saturated heterocycles. The van der Waals surface area contributed by atoms with Crippen molar-refractivity contribution in [2.24, 2.45) is 0 Å². The van der Waals surface area contributed by atoms with Crippen molar-refractivity contribution in [3.05, 3.63) is 58.9 Å². The molecule has 0 aromatic heterocycles. The molecular formula is C15H15ClFNO. The maximum absolute atomic E-state index is 13.9. The molecule has 1 unspecified atom stereocenters. The molecule has 0 aliphatic carbocycles. The summed E-state index contributed by atoms with van der Waals surface area (Å²) in [4.78, 5) is 0. The highest BCUT2D eigenvalue weighted by atomic mass is 35.5. The third kappa shape index (κ3) is 3.46. The maximum atomic E-state index is 13.9. The molecule has 0 fully saturated rings. The zero-order chi connectivity index (χ0) is 13.8. The Morgan fingerprint density at radius 1 is 1.21 bits per heavy atom. The standard InChI is InChI=1S/C15H15ClFNO/c1-10(18-2)11-6-7-15(14(17)8-11)19-13-5-3-4-12(16)9-13/h3-10,18H,1-2H3. The lowest BCUT2D eigenvalue weighted by atomic mass is 10.1. The number of rotatable bonds is 4. The zero-order valence-electron chi connectivity index (χ0n) is 10.8. The summed E-state index contributed by atoms with van der Waals surface area (Å²) in [7, 11) is 1.83. The number of hydrogen-bond acceptors (Lipinski definition) is 2. The van der Waals surface area contributed by atoms with Gasteiger partial charge in [-0.2, -0.15) is 0 Å². The predicted molar refractivity (Wildman–Crippen MR) is 75.4 cm³/mol. The van der Waals surface area contributed by atoms with Gasteiger partial charge >= 0.3 is 0 Å². The zero-order valence-corrected chi connectivity index (χ0v) is 11.5. The molecule has 0 aliphatic heterocycles. The molecule has 2 rings (SSSR count). The van der Waals surface area contributed by atoms with E-state index in [0.29, 0.717) is 10.8 Å². The van der Waals surface area contributed by atoms with Crippen molar-refractivity contribution in [1.29, 1.82) is 0 Å². The van der Waals surface area contributed by atoms with Crippen LogP contribution in [0.3, 0.4) is 0 Å². The van der Waals surface area contributed by atoms with E-state index in [1.807, 2.05) is 20.0 Å². The SMILES string of the molecule is CNC(C)c1ccc(Oc2cccc(Cl)c2)c(F)c1. The first kappa shape index (κ1) is 13.8. The third-order valence-corrected chi connectivity index (χ3v) is 3.15. The first-order chi connectivity index (χ1) is 9.10. The van der Waals surface area contributed by atoms with Gasteiger partial charge in [0.15, 0.2) is 11.6 Å². The lowest BCUT2D eigenvalue weighted by Gasteiger charge is -2.12. The van der Waals surface area contributed by atoms with Gasteiger partial charge in [-0.3, -0.25) is 0 Å². The second-order valence-corrected chi connectivity index (χ2v) is 4.70. The van der Waals surface area contributed by atoms with Gasteiger partial charge < -0.3 is 10.1 Å². The first-order valence-electron chi connectivity index (χ1n) is 6.00. The van der Waals surface area contributed by atoms with E-state index in [0.717, 1.165) is 5.56 Å². The molecular weight excluding hydrogens is 265 g/mol. The van der Waals surface area contributed by atoms with Crippen LogP contribution in [0.25, 0.3) is 0 Å². The van der Waals surface area contributed by atoms with Gasteiger partial charge in [0.05, 0.1) is 0 Å². The Kier molecular flexibility index (Phi) is 4.40. The van der Waals surface area contributed by atoms with Crippen LogP contribution < -0.4 is 10.1 Å². The molecule has 2 aromatic rings. The van der Waals surface area contributed by atoms with Gasteiger partial charge in [0.1, 0.15) is 5.75 Å². The number of nitrogens with one attached hydrogen (secondary N) is 1. The van der Waals surface area contributed by atoms with Crippen LogP contribution in [-0.4, -0.2) is 7.05 Å². The topological polar surface area (TPSA) is 21.3 Å². The summed E-state index contributed by atoms with van der Waals surface area (Å²) in [6, 6.07) is 11.9. The third-order valence-electron chi connectivity index (χ3n) is 2.91. The summed E-state index contributed by atoms with van der Waals surface area (Å²) in [6.45, 7) is 1.96. The van der Waals surface area contributed by atoms with Crippen molar-refractivity contribution < 1.29 is 9.13 Å². The summed E-state index contributed by atoms with van der Waals surface area (Å²) in [5.74, 6) is 0.315. The molecule has 0 bridgehead atoms. The second-order valence-electron chi connectivity index (χ2n) is 4.26. The molecule has 0 saturated carbocycles. The van der Waals surface area contributed by atoms with Gasteiger partial charge in [0.25, 0.3) is 0 Å². The van der Waals surface area contributed by atoms with E-state index in [4.69, 9.17) is 16.3 Å². The number of ether oxygens (including phenoxy) is 1. The van der Waals surface area contributed by atoms with E-state index in [2.05, 4.69) is 5.32 Å². The van der Waals surface area contributed by atoms with Crippen LogP contribution >= 0.6 is 11.6 Å². The highest BCUT2D eigenvalue weighted by molar-refractivity contribution is 6.30. The Bertz CT molecular complexity index is 574. The Labute approximate surface area is 117 Å². The lowest BCUT2D eigenvalue weighted by molar-refractivity contribution is 0.441.